The topological polar surface area (TPSA) is 80.3 Å². The summed E-state index contributed by atoms with van der Waals surface area (Å²) in [7, 11) is 0. The van der Waals surface area contributed by atoms with Gasteiger partial charge in [0.05, 0.1) is 5.97 Å². The number of aryl methyl sites for hydroxylation is 1. The van der Waals surface area contributed by atoms with Crippen LogP contribution in [0.3, 0.4) is 0 Å². The van der Waals surface area contributed by atoms with Crippen LogP contribution in [0.1, 0.15) is 87.1 Å². The number of carboxylic acids is 2. The Labute approximate surface area is 180 Å². The van der Waals surface area contributed by atoms with E-state index in [1.54, 1.807) is 12.1 Å². The zero-order valence-corrected chi connectivity index (χ0v) is 17.7. The molecule has 29 heavy (non-hydrogen) atoms. The van der Waals surface area contributed by atoms with E-state index >= 15 is 0 Å². The second-order valence-electron chi connectivity index (χ2n) is 6.66. The molecule has 0 spiro atoms. The van der Waals surface area contributed by atoms with Crippen molar-refractivity contribution in [3.63, 3.8) is 0 Å². The Bertz CT molecular complexity index is 577. The molecule has 0 aromatic heterocycles. The van der Waals surface area contributed by atoms with Gasteiger partial charge in [0.2, 0.25) is 0 Å². The maximum atomic E-state index is 11.0. The van der Waals surface area contributed by atoms with E-state index in [4.69, 9.17) is 9.90 Å². The average molecular weight is 461 g/mol. The van der Waals surface area contributed by atoms with Gasteiger partial charge in [0.1, 0.15) is 5.97 Å². The van der Waals surface area contributed by atoms with Crippen LogP contribution in [0.25, 0.3) is 0 Å². The molecule has 0 unspecified atom stereocenters. The molecule has 0 bridgehead atoms. The van der Waals surface area contributed by atoms with Crippen LogP contribution in [0.2, 0.25) is 0 Å². The van der Waals surface area contributed by atoms with Gasteiger partial charge in [-0.2, -0.15) is 13.2 Å². The zero-order valence-electron chi connectivity index (χ0n) is 16.7. The number of hydrogen-bond acceptors (Lipinski definition) is 4. The van der Waals surface area contributed by atoms with Crippen molar-refractivity contribution in [3.05, 3.63) is 35.4 Å². The molecular formula is C21H29F3NiO4. The summed E-state index contributed by atoms with van der Waals surface area (Å²) >= 11 is 0. The molecule has 1 aromatic rings. The zero-order chi connectivity index (χ0) is 21.4. The van der Waals surface area contributed by atoms with Crippen molar-refractivity contribution in [1.82, 2.24) is 0 Å². The fourth-order valence-electron chi connectivity index (χ4n) is 2.74. The minimum absolute atomic E-state index is 0. The molecule has 0 saturated carbocycles. The van der Waals surface area contributed by atoms with Crippen molar-refractivity contribution in [2.75, 3.05) is 0 Å². The van der Waals surface area contributed by atoms with Gasteiger partial charge in [0.25, 0.3) is 0 Å². The molecule has 0 amide bonds. The number of aliphatic carboxylic acids is 1. The van der Waals surface area contributed by atoms with Crippen LogP contribution in [0.5, 0.6) is 0 Å². The Morgan fingerprint density at radius 3 is 1.66 bits per heavy atom. The molecule has 0 atom stereocenters. The van der Waals surface area contributed by atoms with Gasteiger partial charge in [-0.3, -0.25) is 0 Å². The van der Waals surface area contributed by atoms with Crippen LogP contribution in [0, 0.1) is 0 Å². The summed E-state index contributed by atoms with van der Waals surface area (Å²) in [6, 6.07) is 7.20. The second-order valence-corrected chi connectivity index (χ2v) is 6.66. The van der Waals surface area contributed by atoms with E-state index in [9.17, 15) is 23.1 Å². The van der Waals surface area contributed by atoms with Crippen LogP contribution in [0.15, 0.2) is 24.3 Å². The van der Waals surface area contributed by atoms with E-state index in [2.05, 4.69) is 6.92 Å². The molecule has 0 fully saturated rings. The summed E-state index contributed by atoms with van der Waals surface area (Å²) in [5.41, 5.74) is 1.27. The van der Waals surface area contributed by atoms with Crippen molar-refractivity contribution in [3.8, 4) is 0 Å². The second kappa shape index (κ2) is 17.3. The van der Waals surface area contributed by atoms with Gasteiger partial charge in [0, 0.05) is 5.56 Å². The molecule has 1 rings (SSSR count). The third-order valence-electron chi connectivity index (χ3n) is 4.27. The smallest absolute Gasteiger partial charge is 0.545 e. The molecule has 1 aromatic carbocycles. The maximum absolute atomic E-state index is 11.0. The Balaban J connectivity index is 0. The van der Waals surface area contributed by atoms with E-state index in [-0.39, 0.29) is 16.5 Å². The fourth-order valence-corrected chi connectivity index (χ4v) is 2.74. The first kappa shape index (κ1) is 29.6. The van der Waals surface area contributed by atoms with E-state index in [1.165, 1.54) is 57.8 Å². The molecular weight excluding hydrogens is 432 g/mol. The van der Waals surface area contributed by atoms with E-state index < -0.39 is 18.1 Å². The number of unbranched alkanes of at least 4 members (excludes halogenated alkanes) is 9. The van der Waals surface area contributed by atoms with Gasteiger partial charge in [-0.05, 0) is 18.4 Å². The Morgan fingerprint density at radius 2 is 1.24 bits per heavy atom. The SMILES string of the molecule is CCCCCCCCCCCCc1ccccc1C(=O)[O-].O=C([O-])C(F)(F)F.[Ni+2]. The van der Waals surface area contributed by atoms with Crippen molar-refractivity contribution >= 4 is 11.9 Å². The number of halogens is 3. The Kier molecular flexibility index (Phi) is 17.7. The predicted octanol–water partition coefficient (Wildman–Crippen LogP) is 3.81. The van der Waals surface area contributed by atoms with Gasteiger partial charge < -0.3 is 19.8 Å². The number of aromatic carboxylic acids is 1. The van der Waals surface area contributed by atoms with Crippen molar-refractivity contribution in [2.24, 2.45) is 0 Å². The van der Waals surface area contributed by atoms with Gasteiger partial charge in [0.15, 0.2) is 0 Å². The molecule has 0 aliphatic heterocycles. The predicted molar refractivity (Wildman–Crippen MR) is 97.4 cm³/mol. The van der Waals surface area contributed by atoms with E-state index in [0.717, 1.165) is 18.4 Å². The summed E-state index contributed by atoms with van der Waals surface area (Å²) in [5, 5.41) is 19.8. The monoisotopic (exact) mass is 460 g/mol. The minimum atomic E-state index is -5.19. The van der Waals surface area contributed by atoms with Crippen LogP contribution in [-0.2, 0) is 27.7 Å². The number of carbonyl (C=O) groups excluding carboxylic acids is 2. The van der Waals surface area contributed by atoms with Crippen LogP contribution in [-0.4, -0.2) is 18.1 Å². The standard InChI is InChI=1S/C19H30O2.C2HF3O2.Ni/c1-2-3-4-5-6-7-8-9-10-11-14-17-15-12-13-16-18(17)19(20)21;3-2(4,5)1(6)7;/h12-13,15-16H,2-11,14H2,1H3,(H,20,21);(H,6,7);/q;;+2/p-2. The van der Waals surface area contributed by atoms with Gasteiger partial charge in [-0.25, -0.2) is 0 Å². The number of benzene rings is 1. The molecule has 8 heteroatoms. The number of carbonyl (C=O) groups is 2. The Morgan fingerprint density at radius 1 is 0.828 bits per heavy atom. The number of alkyl halides is 3. The average Bonchev–Trinajstić information content (AvgIpc) is 2.63. The van der Waals surface area contributed by atoms with Gasteiger partial charge >= 0.3 is 22.7 Å². The van der Waals surface area contributed by atoms with Gasteiger partial charge in [-0.1, -0.05) is 89.0 Å². The van der Waals surface area contributed by atoms with Crippen molar-refractivity contribution in [1.29, 1.82) is 0 Å². The number of rotatable bonds is 12. The van der Waals surface area contributed by atoms with Crippen LogP contribution >= 0.6 is 0 Å². The van der Waals surface area contributed by atoms with Crippen molar-refractivity contribution in [2.45, 2.75) is 83.7 Å². The molecule has 0 saturated heterocycles. The largest absolute Gasteiger partial charge is 2.00 e. The molecule has 0 radical (unpaired) electrons. The summed E-state index contributed by atoms with van der Waals surface area (Å²) < 4.78 is 31.5. The molecule has 0 N–H and O–H groups in total. The summed E-state index contributed by atoms with van der Waals surface area (Å²) in [6.07, 6.45) is 8.66. The first-order valence-corrected chi connectivity index (χ1v) is 9.77. The molecule has 0 aliphatic rings. The van der Waals surface area contributed by atoms with E-state index in [0.29, 0.717) is 5.56 Å². The third kappa shape index (κ3) is 16.0. The molecule has 168 valence electrons. The van der Waals surface area contributed by atoms with Crippen LogP contribution < -0.4 is 10.2 Å². The fraction of sp³-hybridized carbons (Fsp3) is 0.619. The van der Waals surface area contributed by atoms with E-state index in [1.807, 2.05) is 12.1 Å². The number of carboxylic acid groups (broad SMARTS) is 2. The molecule has 4 nitrogen and oxygen atoms in total. The van der Waals surface area contributed by atoms with Crippen molar-refractivity contribution < 1.29 is 49.5 Å². The first-order chi connectivity index (χ1) is 13.2. The summed E-state index contributed by atoms with van der Waals surface area (Å²) in [4.78, 5) is 19.8. The summed E-state index contributed by atoms with van der Waals surface area (Å²) in [6.45, 7) is 2.25. The quantitative estimate of drug-likeness (QED) is 0.351. The molecule has 0 heterocycles. The minimum Gasteiger partial charge on any atom is -0.545 e. The number of hydrogen-bond donors (Lipinski definition) is 0. The first-order valence-electron chi connectivity index (χ1n) is 9.77. The van der Waals surface area contributed by atoms with Crippen LogP contribution in [0.4, 0.5) is 13.2 Å². The third-order valence-corrected chi connectivity index (χ3v) is 4.27. The normalized spacial score (nSPS) is 10.5. The Hall–Kier alpha value is -1.56. The maximum Gasteiger partial charge on any atom is 2.00 e. The molecule has 0 aliphatic carbocycles. The summed E-state index contributed by atoms with van der Waals surface area (Å²) in [5.74, 6) is -4.06. The van der Waals surface area contributed by atoms with Gasteiger partial charge in [-0.15, -0.1) is 0 Å².